The zero-order valence-electron chi connectivity index (χ0n) is 11.1. The second-order valence-electron chi connectivity index (χ2n) is 4.38. The van der Waals surface area contributed by atoms with Gasteiger partial charge < -0.3 is 9.15 Å². The van der Waals surface area contributed by atoms with Crippen LogP contribution in [0.15, 0.2) is 28.7 Å². The number of rotatable bonds is 3. The van der Waals surface area contributed by atoms with Crippen molar-refractivity contribution in [3.63, 3.8) is 0 Å². The number of fused-ring (bicyclic) bond motifs is 1. The van der Waals surface area contributed by atoms with Crippen LogP contribution in [0.5, 0.6) is 0 Å². The summed E-state index contributed by atoms with van der Waals surface area (Å²) in [5, 5.41) is 7.50. The van der Waals surface area contributed by atoms with Gasteiger partial charge in [-0.15, -0.1) is 5.10 Å². The van der Waals surface area contributed by atoms with Crippen LogP contribution in [0.3, 0.4) is 0 Å². The quantitative estimate of drug-likeness (QED) is 0.741. The topological polar surface area (TPSA) is 81.0 Å². The number of benzene rings is 1. The molecule has 6 nitrogen and oxygen atoms in total. The number of aryl methyl sites for hydroxylation is 1. The molecule has 0 unspecified atom stereocenters. The van der Waals surface area contributed by atoms with Crippen molar-refractivity contribution in [1.29, 1.82) is 0 Å². The van der Waals surface area contributed by atoms with Gasteiger partial charge in [-0.25, -0.2) is 4.79 Å². The summed E-state index contributed by atoms with van der Waals surface area (Å²) in [5.41, 5.74) is 1.90. The van der Waals surface area contributed by atoms with Gasteiger partial charge in [-0.2, -0.15) is 4.98 Å². The number of furan rings is 1. The first-order valence-electron chi connectivity index (χ1n) is 6.27. The molecule has 0 amide bonds. The first kappa shape index (κ1) is 12.4. The molecule has 0 saturated carbocycles. The molecule has 0 saturated heterocycles. The van der Waals surface area contributed by atoms with Crippen molar-refractivity contribution in [2.45, 2.75) is 13.8 Å². The zero-order valence-corrected chi connectivity index (χ0v) is 11.1. The Labute approximate surface area is 114 Å². The number of esters is 1. The van der Waals surface area contributed by atoms with Crippen LogP contribution in [0.4, 0.5) is 0 Å². The van der Waals surface area contributed by atoms with Gasteiger partial charge in [0, 0.05) is 5.39 Å². The molecule has 0 spiro atoms. The summed E-state index contributed by atoms with van der Waals surface area (Å²) in [6.45, 7) is 4.04. The average Bonchev–Trinajstić information content (AvgIpc) is 3.04. The molecule has 0 bridgehead atoms. The van der Waals surface area contributed by atoms with E-state index in [2.05, 4.69) is 15.2 Å². The molecule has 1 N–H and O–H groups in total. The van der Waals surface area contributed by atoms with E-state index in [9.17, 15) is 4.79 Å². The molecule has 0 atom stereocenters. The molecule has 0 aliphatic rings. The van der Waals surface area contributed by atoms with Gasteiger partial charge in [0.25, 0.3) is 0 Å². The fourth-order valence-corrected chi connectivity index (χ4v) is 1.94. The molecule has 2 heterocycles. The maximum absolute atomic E-state index is 11.5. The van der Waals surface area contributed by atoms with Gasteiger partial charge in [-0.05, 0) is 32.0 Å². The third-order valence-corrected chi connectivity index (χ3v) is 2.85. The number of nitrogens with one attached hydrogen (secondary N) is 1. The Balaban J connectivity index is 1.96. The van der Waals surface area contributed by atoms with Crippen LogP contribution in [0, 0.1) is 6.92 Å². The molecule has 20 heavy (non-hydrogen) atoms. The Bertz CT molecular complexity index is 773. The van der Waals surface area contributed by atoms with Gasteiger partial charge in [0.1, 0.15) is 5.58 Å². The third kappa shape index (κ3) is 2.16. The summed E-state index contributed by atoms with van der Waals surface area (Å²) in [6, 6.07) is 7.73. The largest absolute Gasteiger partial charge is 0.460 e. The highest BCUT2D eigenvalue weighted by Gasteiger charge is 2.16. The van der Waals surface area contributed by atoms with Crippen molar-refractivity contribution in [2.75, 3.05) is 6.61 Å². The van der Waals surface area contributed by atoms with E-state index in [1.54, 1.807) is 6.92 Å². The van der Waals surface area contributed by atoms with E-state index in [1.807, 2.05) is 31.2 Å². The number of aromatic amines is 1. The maximum Gasteiger partial charge on any atom is 0.375 e. The van der Waals surface area contributed by atoms with Crippen LogP contribution < -0.4 is 0 Å². The van der Waals surface area contributed by atoms with Gasteiger partial charge in [0.05, 0.1) is 6.61 Å². The molecule has 2 aromatic heterocycles. The number of aromatic nitrogens is 3. The van der Waals surface area contributed by atoms with Crippen molar-refractivity contribution < 1.29 is 13.9 Å². The Morgan fingerprint density at radius 1 is 1.40 bits per heavy atom. The van der Waals surface area contributed by atoms with Crippen LogP contribution in [-0.2, 0) is 4.74 Å². The molecular weight excluding hydrogens is 258 g/mol. The Hall–Kier alpha value is -2.63. The van der Waals surface area contributed by atoms with Crippen molar-refractivity contribution in [2.24, 2.45) is 0 Å². The second kappa shape index (κ2) is 4.80. The third-order valence-electron chi connectivity index (χ3n) is 2.85. The molecule has 3 rings (SSSR count). The van der Waals surface area contributed by atoms with Crippen LogP contribution >= 0.6 is 0 Å². The van der Waals surface area contributed by atoms with Gasteiger partial charge in [0.15, 0.2) is 5.76 Å². The zero-order chi connectivity index (χ0) is 14.1. The summed E-state index contributed by atoms with van der Waals surface area (Å²) in [6.07, 6.45) is 0. The number of carbonyl (C=O) groups excluding carboxylic acids is 1. The van der Waals surface area contributed by atoms with E-state index in [4.69, 9.17) is 9.15 Å². The lowest BCUT2D eigenvalue weighted by Gasteiger charge is -1.94. The highest BCUT2D eigenvalue weighted by atomic mass is 16.5. The van der Waals surface area contributed by atoms with Crippen molar-refractivity contribution >= 4 is 16.9 Å². The summed E-state index contributed by atoms with van der Waals surface area (Å²) in [4.78, 5) is 15.6. The summed E-state index contributed by atoms with van der Waals surface area (Å²) >= 11 is 0. The molecule has 6 heteroatoms. The first-order chi connectivity index (χ1) is 9.67. The monoisotopic (exact) mass is 271 g/mol. The predicted molar refractivity (Wildman–Crippen MR) is 72.3 cm³/mol. The van der Waals surface area contributed by atoms with Crippen LogP contribution in [-0.4, -0.2) is 27.8 Å². The van der Waals surface area contributed by atoms with Crippen LogP contribution in [0.2, 0.25) is 0 Å². The SMILES string of the molecule is CCOC(=O)c1nc(-c2cc3cc(C)ccc3o2)n[nH]1. The summed E-state index contributed by atoms with van der Waals surface area (Å²) in [5.74, 6) is 0.385. The number of carbonyl (C=O) groups is 1. The smallest absolute Gasteiger partial charge is 0.375 e. The van der Waals surface area contributed by atoms with E-state index >= 15 is 0 Å². The van der Waals surface area contributed by atoms with E-state index in [0.29, 0.717) is 18.2 Å². The molecule has 0 fully saturated rings. The number of hydrogen-bond donors (Lipinski definition) is 1. The molecular formula is C14H13N3O3. The Kier molecular flexibility index (Phi) is 2.98. The number of hydrogen-bond acceptors (Lipinski definition) is 5. The predicted octanol–water partition coefficient (Wildman–Crippen LogP) is 2.70. The van der Waals surface area contributed by atoms with E-state index in [-0.39, 0.29) is 5.82 Å². The molecule has 3 aromatic rings. The number of H-pyrrole nitrogens is 1. The lowest BCUT2D eigenvalue weighted by Crippen LogP contribution is -2.06. The molecule has 0 aliphatic heterocycles. The van der Waals surface area contributed by atoms with E-state index in [0.717, 1.165) is 16.5 Å². The average molecular weight is 271 g/mol. The van der Waals surface area contributed by atoms with Gasteiger partial charge in [0.2, 0.25) is 11.6 Å². The minimum Gasteiger partial charge on any atom is -0.460 e. The fraction of sp³-hybridized carbons (Fsp3) is 0.214. The first-order valence-corrected chi connectivity index (χ1v) is 6.27. The van der Waals surface area contributed by atoms with Crippen molar-refractivity contribution in [3.8, 4) is 11.6 Å². The standard InChI is InChI=1S/C14H13N3O3/c1-3-19-14(18)13-15-12(16-17-13)11-7-9-6-8(2)4-5-10(9)20-11/h4-7H,3H2,1-2H3,(H,15,16,17). The normalized spacial score (nSPS) is 10.9. The van der Waals surface area contributed by atoms with Gasteiger partial charge in [-0.1, -0.05) is 11.6 Å². The fourth-order valence-electron chi connectivity index (χ4n) is 1.94. The van der Waals surface area contributed by atoms with E-state index < -0.39 is 5.97 Å². The minimum absolute atomic E-state index is 0.0680. The molecule has 1 aromatic carbocycles. The molecule has 0 aliphatic carbocycles. The van der Waals surface area contributed by atoms with Gasteiger partial charge in [-0.3, -0.25) is 5.10 Å². The number of ether oxygens (including phenoxy) is 1. The molecule has 102 valence electrons. The highest BCUT2D eigenvalue weighted by Crippen LogP contribution is 2.26. The Morgan fingerprint density at radius 2 is 2.25 bits per heavy atom. The minimum atomic E-state index is -0.529. The lowest BCUT2D eigenvalue weighted by atomic mass is 10.2. The highest BCUT2D eigenvalue weighted by molar-refractivity contribution is 5.86. The second-order valence-corrected chi connectivity index (χ2v) is 4.38. The lowest BCUT2D eigenvalue weighted by molar-refractivity contribution is 0.0512. The summed E-state index contributed by atoms with van der Waals surface area (Å²) in [7, 11) is 0. The van der Waals surface area contributed by atoms with Crippen molar-refractivity contribution in [1.82, 2.24) is 15.2 Å². The van der Waals surface area contributed by atoms with Crippen LogP contribution in [0.1, 0.15) is 23.1 Å². The van der Waals surface area contributed by atoms with Gasteiger partial charge >= 0.3 is 5.97 Å². The van der Waals surface area contributed by atoms with Crippen LogP contribution in [0.25, 0.3) is 22.6 Å². The molecule has 0 radical (unpaired) electrons. The van der Waals surface area contributed by atoms with E-state index in [1.165, 1.54) is 0 Å². The number of nitrogens with zero attached hydrogens (tertiary/aromatic N) is 2. The Morgan fingerprint density at radius 3 is 3.05 bits per heavy atom. The van der Waals surface area contributed by atoms with Crippen molar-refractivity contribution in [3.05, 3.63) is 35.7 Å². The maximum atomic E-state index is 11.5. The summed E-state index contributed by atoms with van der Waals surface area (Å²) < 4.78 is 10.5.